The van der Waals surface area contributed by atoms with Gasteiger partial charge < -0.3 is 5.32 Å². The van der Waals surface area contributed by atoms with Crippen molar-refractivity contribution in [2.75, 3.05) is 5.32 Å². The Labute approximate surface area is 148 Å². The van der Waals surface area contributed by atoms with E-state index in [0.29, 0.717) is 22.0 Å². The number of thiazole rings is 1. The lowest BCUT2D eigenvalue weighted by Gasteiger charge is -2.02. The van der Waals surface area contributed by atoms with Gasteiger partial charge >= 0.3 is 0 Å². The van der Waals surface area contributed by atoms with Crippen molar-refractivity contribution in [1.29, 1.82) is 0 Å². The molecular formula is C19H15FN2O2S. The van der Waals surface area contributed by atoms with Crippen molar-refractivity contribution in [3.05, 3.63) is 71.4 Å². The fraction of sp³-hybridized carbons (Fsp3) is 0.105. The van der Waals surface area contributed by atoms with E-state index in [9.17, 15) is 14.0 Å². The Morgan fingerprint density at radius 3 is 2.60 bits per heavy atom. The van der Waals surface area contributed by atoms with E-state index in [-0.39, 0.29) is 30.3 Å². The van der Waals surface area contributed by atoms with Crippen LogP contribution in [-0.4, -0.2) is 16.7 Å². The van der Waals surface area contributed by atoms with Crippen LogP contribution in [0.3, 0.4) is 0 Å². The number of amides is 1. The number of carbonyl (C=O) groups excluding carboxylic acids is 2. The third-order valence-electron chi connectivity index (χ3n) is 3.55. The predicted octanol–water partition coefficient (Wildman–Crippen LogP) is 4.55. The summed E-state index contributed by atoms with van der Waals surface area (Å²) >= 11 is 1.26. The molecule has 0 radical (unpaired) electrons. The standard InChI is InChI=1S/C19H15FN2O2S/c20-15-8-4-7-14(11-15)16-12-25-19(21-16)22-18(24)10-9-17(23)13-5-2-1-3-6-13/h1-8,11-12H,9-10H2,(H,21,22,24). The quantitative estimate of drug-likeness (QED) is 0.661. The minimum atomic E-state index is -0.337. The summed E-state index contributed by atoms with van der Waals surface area (Å²) in [5.74, 6) is -0.685. The molecule has 0 spiro atoms. The second-order valence-electron chi connectivity index (χ2n) is 5.39. The molecule has 1 aromatic heterocycles. The van der Waals surface area contributed by atoms with Gasteiger partial charge in [-0.05, 0) is 12.1 Å². The number of nitrogens with one attached hydrogen (secondary N) is 1. The van der Waals surface area contributed by atoms with Gasteiger partial charge in [0.05, 0.1) is 5.69 Å². The molecule has 0 aliphatic heterocycles. The summed E-state index contributed by atoms with van der Waals surface area (Å²) in [5.41, 5.74) is 1.84. The minimum Gasteiger partial charge on any atom is -0.302 e. The molecule has 0 saturated heterocycles. The van der Waals surface area contributed by atoms with E-state index in [1.807, 2.05) is 6.07 Å². The summed E-state index contributed by atoms with van der Waals surface area (Å²) in [6.45, 7) is 0. The average Bonchev–Trinajstić information content (AvgIpc) is 3.09. The summed E-state index contributed by atoms with van der Waals surface area (Å²) in [6.07, 6.45) is 0.223. The maximum atomic E-state index is 13.3. The van der Waals surface area contributed by atoms with Gasteiger partial charge in [-0.15, -0.1) is 11.3 Å². The molecular weight excluding hydrogens is 339 g/mol. The number of carbonyl (C=O) groups is 2. The van der Waals surface area contributed by atoms with Gasteiger partial charge in [0.2, 0.25) is 5.91 Å². The fourth-order valence-electron chi connectivity index (χ4n) is 2.29. The van der Waals surface area contributed by atoms with E-state index in [0.717, 1.165) is 0 Å². The highest BCUT2D eigenvalue weighted by atomic mass is 32.1. The van der Waals surface area contributed by atoms with Crippen molar-refractivity contribution in [3.8, 4) is 11.3 Å². The molecule has 0 aliphatic carbocycles. The second-order valence-corrected chi connectivity index (χ2v) is 6.24. The summed E-state index contributed by atoms with van der Waals surface area (Å²) in [7, 11) is 0. The largest absolute Gasteiger partial charge is 0.302 e. The average molecular weight is 354 g/mol. The number of nitrogens with zero attached hydrogens (tertiary/aromatic N) is 1. The van der Waals surface area contributed by atoms with Gasteiger partial charge in [-0.1, -0.05) is 42.5 Å². The maximum Gasteiger partial charge on any atom is 0.226 e. The highest BCUT2D eigenvalue weighted by Gasteiger charge is 2.11. The lowest BCUT2D eigenvalue weighted by Crippen LogP contribution is -2.13. The Morgan fingerprint density at radius 2 is 1.84 bits per heavy atom. The smallest absolute Gasteiger partial charge is 0.226 e. The Kier molecular flexibility index (Phi) is 5.30. The van der Waals surface area contributed by atoms with Crippen LogP contribution in [0.1, 0.15) is 23.2 Å². The van der Waals surface area contributed by atoms with Crippen molar-refractivity contribution in [2.45, 2.75) is 12.8 Å². The summed E-state index contributed by atoms with van der Waals surface area (Å²) < 4.78 is 13.3. The first kappa shape index (κ1) is 17.0. The molecule has 1 N–H and O–H groups in total. The van der Waals surface area contributed by atoms with Crippen molar-refractivity contribution in [2.24, 2.45) is 0 Å². The molecule has 3 aromatic rings. The van der Waals surface area contributed by atoms with Crippen molar-refractivity contribution >= 4 is 28.2 Å². The second kappa shape index (κ2) is 7.81. The van der Waals surface area contributed by atoms with Gasteiger partial charge in [0.1, 0.15) is 5.82 Å². The lowest BCUT2D eigenvalue weighted by atomic mass is 10.1. The number of Topliss-reactive ketones (excluding diaryl/α,β-unsaturated/α-hetero) is 1. The molecule has 1 amide bonds. The van der Waals surface area contributed by atoms with Crippen LogP contribution < -0.4 is 5.32 Å². The molecule has 0 aliphatic rings. The number of halogens is 1. The Bertz CT molecular complexity index is 893. The molecule has 0 saturated carbocycles. The summed E-state index contributed by atoms with van der Waals surface area (Å²) in [6, 6.07) is 15.0. The molecule has 0 fully saturated rings. The molecule has 6 heteroatoms. The van der Waals surface area contributed by atoms with Crippen LogP contribution in [-0.2, 0) is 4.79 Å². The van der Waals surface area contributed by atoms with E-state index >= 15 is 0 Å². The maximum absolute atomic E-state index is 13.3. The number of anilines is 1. The van der Waals surface area contributed by atoms with Crippen LogP contribution >= 0.6 is 11.3 Å². The molecule has 3 rings (SSSR count). The van der Waals surface area contributed by atoms with Gasteiger partial charge in [-0.2, -0.15) is 0 Å². The van der Waals surface area contributed by atoms with Crippen molar-refractivity contribution in [1.82, 2.24) is 4.98 Å². The van der Waals surface area contributed by atoms with Crippen LogP contribution in [0.25, 0.3) is 11.3 Å². The van der Waals surface area contributed by atoms with Crippen molar-refractivity contribution in [3.63, 3.8) is 0 Å². The SMILES string of the molecule is O=C(CCC(=O)c1ccccc1)Nc1nc(-c2cccc(F)c2)cs1. The Hall–Kier alpha value is -2.86. The number of rotatable bonds is 6. The third-order valence-corrected chi connectivity index (χ3v) is 4.30. The number of aromatic nitrogens is 1. The zero-order valence-corrected chi connectivity index (χ0v) is 14.1. The lowest BCUT2D eigenvalue weighted by molar-refractivity contribution is -0.116. The first-order valence-electron chi connectivity index (χ1n) is 7.71. The van der Waals surface area contributed by atoms with E-state index in [4.69, 9.17) is 0 Å². The molecule has 4 nitrogen and oxygen atoms in total. The number of hydrogen-bond donors (Lipinski definition) is 1. The van der Waals surface area contributed by atoms with Gasteiger partial charge in [0, 0.05) is 29.3 Å². The van der Waals surface area contributed by atoms with Gasteiger partial charge in [0.25, 0.3) is 0 Å². The topological polar surface area (TPSA) is 59.1 Å². The van der Waals surface area contributed by atoms with Gasteiger partial charge in [0.15, 0.2) is 10.9 Å². The minimum absolute atomic E-state index is 0.0738. The van der Waals surface area contributed by atoms with Crippen LogP contribution in [0.4, 0.5) is 9.52 Å². The number of hydrogen-bond acceptors (Lipinski definition) is 4. The zero-order valence-electron chi connectivity index (χ0n) is 13.2. The Morgan fingerprint density at radius 1 is 1.04 bits per heavy atom. The molecule has 126 valence electrons. The van der Waals surface area contributed by atoms with Crippen LogP contribution in [0, 0.1) is 5.82 Å². The zero-order chi connectivity index (χ0) is 17.6. The Balaban J connectivity index is 1.56. The highest BCUT2D eigenvalue weighted by Crippen LogP contribution is 2.25. The first-order chi connectivity index (χ1) is 12.1. The van der Waals surface area contributed by atoms with Crippen molar-refractivity contribution < 1.29 is 14.0 Å². The van der Waals surface area contributed by atoms with Gasteiger partial charge in [-0.25, -0.2) is 9.37 Å². The molecule has 2 aromatic carbocycles. The molecule has 0 atom stereocenters. The number of benzene rings is 2. The van der Waals surface area contributed by atoms with E-state index in [1.165, 1.54) is 23.5 Å². The van der Waals surface area contributed by atoms with E-state index in [1.54, 1.807) is 41.8 Å². The molecule has 0 bridgehead atoms. The van der Waals surface area contributed by atoms with E-state index < -0.39 is 0 Å². The monoisotopic (exact) mass is 354 g/mol. The first-order valence-corrected chi connectivity index (χ1v) is 8.59. The third kappa shape index (κ3) is 4.58. The molecule has 0 unspecified atom stereocenters. The van der Waals surface area contributed by atoms with Crippen LogP contribution in [0.2, 0.25) is 0 Å². The van der Waals surface area contributed by atoms with Gasteiger partial charge in [-0.3, -0.25) is 9.59 Å². The van der Waals surface area contributed by atoms with Crippen LogP contribution in [0.5, 0.6) is 0 Å². The highest BCUT2D eigenvalue weighted by molar-refractivity contribution is 7.14. The number of ketones is 1. The molecule has 25 heavy (non-hydrogen) atoms. The predicted molar refractivity (Wildman–Crippen MR) is 96.1 cm³/mol. The fourth-order valence-corrected chi connectivity index (χ4v) is 3.02. The van der Waals surface area contributed by atoms with Crippen LogP contribution in [0.15, 0.2) is 60.0 Å². The normalized spacial score (nSPS) is 10.4. The summed E-state index contributed by atoms with van der Waals surface area (Å²) in [4.78, 5) is 28.3. The summed E-state index contributed by atoms with van der Waals surface area (Å²) in [5, 5.41) is 4.85. The molecule has 1 heterocycles. The van der Waals surface area contributed by atoms with E-state index in [2.05, 4.69) is 10.3 Å².